The molecule has 0 aromatic heterocycles. The highest BCUT2D eigenvalue weighted by molar-refractivity contribution is 5.96. The Hall–Kier alpha value is -2.12. The van der Waals surface area contributed by atoms with Crippen LogP contribution in [0.4, 0.5) is 17.6 Å². The molecule has 2 aliphatic heterocycles. The van der Waals surface area contributed by atoms with E-state index >= 15 is 0 Å². The van der Waals surface area contributed by atoms with Crippen LogP contribution in [-0.2, 0) is 4.79 Å². The van der Waals surface area contributed by atoms with Gasteiger partial charge in [0, 0.05) is 32.1 Å². The summed E-state index contributed by atoms with van der Waals surface area (Å²) in [5.41, 5.74) is -1.34. The molecule has 2 aliphatic rings. The first kappa shape index (κ1) is 17.7. The van der Waals surface area contributed by atoms with E-state index < -0.39 is 47.8 Å². The van der Waals surface area contributed by atoms with Crippen molar-refractivity contribution in [1.29, 1.82) is 0 Å². The fourth-order valence-electron chi connectivity index (χ4n) is 3.80. The number of aryl methyl sites for hydroxylation is 1. The number of hydrogen-bond donors (Lipinski definition) is 0. The quantitative estimate of drug-likeness (QED) is 0.724. The van der Waals surface area contributed by atoms with Crippen LogP contribution in [0.5, 0.6) is 0 Å². The van der Waals surface area contributed by atoms with Crippen LogP contribution in [0.2, 0.25) is 0 Å². The number of alkyl halides is 2. The Bertz CT molecular complexity index is 752. The van der Waals surface area contributed by atoms with Crippen molar-refractivity contribution in [2.75, 3.05) is 26.7 Å². The van der Waals surface area contributed by atoms with Gasteiger partial charge in [-0.3, -0.25) is 9.59 Å². The average Bonchev–Trinajstić information content (AvgIpc) is 2.77. The van der Waals surface area contributed by atoms with Gasteiger partial charge in [-0.25, -0.2) is 17.6 Å². The number of rotatable bonds is 1. The lowest BCUT2D eigenvalue weighted by Gasteiger charge is -2.42. The largest absolute Gasteiger partial charge is 0.345 e. The van der Waals surface area contributed by atoms with Crippen molar-refractivity contribution >= 4 is 11.8 Å². The summed E-state index contributed by atoms with van der Waals surface area (Å²) in [4.78, 5) is 27.3. The minimum absolute atomic E-state index is 0.150. The molecule has 0 saturated carbocycles. The second-order valence-electron chi connectivity index (χ2n) is 7.03. The predicted octanol–water partition coefficient (Wildman–Crippen LogP) is 2.60. The first-order valence-electron chi connectivity index (χ1n) is 7.93. The molecule has 2 amide bonds. The van der Waals surface area contributed by atoms with Gasteiger partial charge in [-0.2, -0.15) is 0 Å². The number of likely N-dealkylation sites (tertiary alicyclic amines) is 2. The van der Waals surface area contributed by atoms with Gasteiger partial charge in [0.05, 0.1) is 12.0 Å². The molecule has 2 saturated heterocycles. The van der Waals surface area contributed by atoms with Gasteiger partial charge in [0.15, 0.2) is 11.6 Å². The summed E-state index contributed by atoms with van der Waals surface area (Å²) in [6.07, 6.45) is -0.373. The molecule has 0 radical (unpaired) electrons. The Morgan fingerprint density at radius 3 is 2.40 bits per heavy atom. The summed E-state index contributed by atoms with van der Waals surface area (Å²) in [6.45, 7) is 0.759. The molecular formula is C17H18F4N2O2. The third-order valence-electron chi connectivity index (χ3n) is 5.02. The van der Waals surface area contributed by atoms with E-state index in [2.05, 4.69) is 0 Å². The number of carbonyl (C=O) groups is 2. The van der Waals surface area contributed by atoms with E-state index in [-0.39, 0.29) is 24.1 Å². The number of piperidine rings is 1. The maximum Gasteiger partial charge on any atom is 0.266 e. The van der Waals surface area contributed by atoms with E-state index in [4.69, 9.17) is 0 Å². The molecule has 2 fully saturated rings. The van der Waals surface area contributed by atoms with Gasteiger partial charge in [-0.1, -0.05) is 0 Å². The van der Waals surface area contributed by atoms with Crippen molar-refractivity contribution < 1.29 is 27.2 Å². The highest BCUT2D eigenvalue weighted by Crippen LogP contribution is 2.45. The molecular weight excluding hydrogens is 340 g/mol. The molecule has 0 unspecified atom stereocenters. The number of carbonyl (C=O) groups excluding carboxylic acids is 2. The molecule has 3 rings (SSSR count). The van der Waals surface area contributed by atoms with Crippen LogP contribution >= 0.6 is 0 Å². The Balaban J connectivity index is 1.95. The standard InChI is InChI=1S/C17H18F4N2O2/c1-10-5-12(18)13(19)6-11(10)14(24)23-8-16(7-17(20,21)9-23)3-4-22(2)15(16)25/h5-6H,3-4,7-9H2,1-2H3/t16-/m0/s1. The maximum absolute atomic E-state index is 14.3. The predicted molar refractivity (Wildman–Crippen MR) is 81.2 cm³/mol. The van der Waals surface area contributed by atoms with Gasteiger partial charge >= 0.3 is 0 Å². The second kappa shape index (κ2) is 5.71. The average molecular weight is 358 g/mol. The van der Waals surface area contributed by atoms with Crippen molar-refractivity contribution in [3.63, 3.8) is 0 Å². The SMILES string of the molecule is Cc1cc(F)c(F)cc1C(=O)N1CC(F)(F)C[C@@]2(CCN(C)C2=O)C1. The molecule has 4 nitrogen and oxygen atoms in total. The van der Waals surface area contributed by atoms with Gasteiger partial charge < -0.3 is 9.80 Å². The topological polar surface area (TPSA) is 40.6 Å². The third kappa shape index (κ3) is 2.98. The zero-order valence-corrected chi connectivity index (χ0v) is 13.9. The molecule has 0 bridgehead atoms. The smallest absolute Gasteiger partial charge is 0.266 e. The molecule has 25 heavy (non-hydrogen) atoms. The van der Waals surface area contributed by atoms with E-state index in [0.29, 0.717) is 6.54 Å². The number of nitrogens with zero attached hydrogens (tertiary/aromatic N) is 2. The summed E-state index contributed by atoms with van der Waals surface area (Å²) in [7, 11) is 1.54. The fourth-order valence-corrected chi connectivity index (χ4v) is 3.80. The summed E-state index contributed by atoms with van der Waals surface area (Å²) in [5, 5.41) is 0. The molecule has 1 aromatic rings. The van der Waals surface area contributed by atoms with Gasteiger partial charge in [-0.15, -0.1) is 0 Å². The van der Waals surface area contributed by atoms with E-state index in [9.17, 15) is 27.2 Å². The summed E-state index contributed by atoms with van der Waals surface area (Å²) in [6, 6.07) is 1.57. The fraction of sp³-hybridized carbons (Fsp3) is 0.529. The summed E-state index contributed by atoms with van der Waals surface area (Å²) in [5.74, 6) is -6.78. The molecule has 1 aromatic carbocycles. The third-order valence-corrected chi connectivity index (χ3v) is 5.02. The minimum Gasteiger partial charge on any atom is -0.345 e. The molecule has 0 aliphatic carbocycles. The summed E-state index contributed by atoms with van der Waals surface area (Å²) >= 11 is 0. The van der Waals surface area contributed by atoms with E-state index in [1.807, 2.05) is 0 Å². The van der Waals surface area contributed by atoms with Gasteiger partial charge in [-0.05, 0) is 31.0 Å². The normalized spacial score (nSPS) is 25.8. The maximum atomic E-state index is 14.3. The zero-order valence-electron chi connectivity index (χ0n) is 13.9. The highest BCUT2D eigenvalue weighted by atomic mass is 19.3. The number of halogens is 4. The number of hydrogen-bond acceptors (Lipinski definition) is 2. The van der Waals surface area contributed by atoms with Crippen molar-refractivity contribution in [3.8, 4) is 0 Å². The monoisotopic (exact) mass is 358 g/mol. The minimum atomic E-state index is -3.22. The second-order valence-corrected chi connectivity index (χ2v) is 7.03. The molecule has 2 heterocycles. The van der Waals surface area contributed by atoms with E-state index in [1.54, 1.807) is 0 Å². The van der Waals surface area contributed by atoms with Crippen LogP contribution < -0.4 is 0 Å². The van der Waals surface area contributed by atoms with Crippen LogP contribution in [0.1, 0.15) is 28.8 Å². The Morgan fingerprint density at radius 2 is 1.80 bits per heavy atom. The Kier molecular flexibility index (Phi) is 4.04. The van der Waals surface area contributed by atoms with Gasteiger partial charge in [0.1, 0.15) is 0 Å². The molecule has 1 atom stereocenters. The molecule has 0 N–H and O–H groups in total. The lowest BCUT2D eigenvalue weighted by Crippen LogP contribution is -2.57. The number of amides is 2. The lowest BCUT2D eigenvalue weighted by atomic mass is 9.76. The van der Waals surface area contributed by atoms with Crippen molar-refractivity contribution in [2.24, 2.45) is 5.41 Å². The molecule has 8 heteroatoms. The van der Waals surface area contributed by atoms with Crippen molar-refractivity contribution in [3.05, 3.63) is 34.9 Å². The van der Waals surface area contributed by atoms with Crippen LogP contribution in [0.3, 0.4) is 0 Å². The first-order valence-corrected chi connectivity index (χ1v) is 7.93. The van der Waals surface area contributed by atoms with Crippen molar-refractivity contribution in [2.45, 2.75) is 25.7 Å². The van der Waals surface area contributed by atoms with Crippen molar-refractivity contribution in [1.82, 2.24) is 9.80 Å². The lowest BCUT2D eigenvalue weighted by molar-refractivity contribution is -0.150. The zero-order chi connectivity index (χ0) is 18.6. The van der Waals surface area contributed by atoms with E-state index in [0.717, 1.165) is 17.0 Å². The number of benzene rings is 1. The van der Waals surface area contributed by atoms with Crippen LogP contribution in [0.15, 0.2) is 12.1 Å². The first-order chi connectivity index (χ1) is 11.5. The summed E-state index contributed by atoms with van der Waals surface area (Å²) < 4.78 is 55.3. The molecule has 136 valence electrons. The Morgan fingerprint density at radius 1 is 1.16 bits per heavy atom. The van der Waals surface area contributed by atoms with Crippen LogP contribution in [-0.4, -0.2) is 54.2 Å². The Labute approximate surface area is 142 Å². The van der Waals surface area contributed by atoms with E-state index in [1.165, 1.54) is 18.9 Å². The van der Waals surface area contributed by atoms with Gasteiger partial charge in [0.25, 0.3) is 11.8 Å². The highest BCUT2D eigenvalue weighted by Gasteiger charge is 2.57. The van der Waals surface area contributed by atoms with Crippen LogP contribution in [0, 0.1) is 24.0 Å². The van der Waals surface area contributed by atoms with Gasteiger partial charge in [0.2, 0.25) is 5.91 Å². The molecule has 1 spiro atoms. The van der Waals surface area contributed by atoms with Crippen LogP contribution in [0.25, 0.3) is 0 Å².